The Kier molecular flexibility index (Phi) is 5.87. The van der Waals surface area contributed by atoms with Crippen LogP contribution in [0.5, 0.6) is 0 Å². The van der Waals surface area contributed by atoms with Crippen LogP contribution in [0.1, 0.15) is 31.2 Å². The molecule has 2 amide bonds. The van der Waals surface area contributed by atoms with Gasteiger partial charge in [-0.2, -0.15) is 4.72 Å². The minimum Gasteiger partial charge on any atom is -0.338 e. The smallest absolute Gasteiger partial charge is 0.241 e. The number of anilines is 1. The number of carbonyl (C=O) groups excluding carboxylic acids is 2. The summed E-state index contributed by atoms with van der Waals surface area (Å²) in [6.07, 6.45) is 3.44. The lowest BCUT2D eigenvalue weighted by atomic mass is 10.1. The molecule has 3 saturated heterocycles. The number of rotatable bonds is 5. The highest BCUT2D eigenvalue weighted by Crippen LogP contribution is 2.29. The number of hydrogen-bond donors (Lipinski definition) is 1. The van der Waals surface area contributed by atoms with Gasteiger partial charge in [-0.05, 0) is 57.4 Å². The number of sulfonamides is 1. The Morgan fingerprint density at radius 1 is 1.20 bits per heavy atom. The zero-order chi connectivity index (χ0) is 21.5. The van der Waals surface area contributed by atoms with Crippen LogP contribution in [0.25, 0.3) is 0 Å². The Labute approximate surface area is 178 Å². The van der Waals surface area contributed by atoms with E-state index in [0.29, 0.717) is 43.3 Å². The molecule has 3 heterocycles. The van der Waals surface area contributed by atoms with Crippen LogP contribution < -0.4 is 9.62 Å². The molecule has 1 unspecified atom stereocenters. The van der Waals surface area contributed by atoms with E-state index in [9.17, 15) is 18.0 Å². The highest BCUT2D eigenvalue weighted by molar-refractivity contribution is 7.89. The van der Waals surface area contributed by atoms with E-state index < -0.39 is 16.1 Å². The molecule has 0 saturated carbocycles. The molecule has 163 valence electrons. The lowest BCUT2D eigenvalue weighted by Crippen LogP contribution is -2.56. The van der Waals surface area contributed by atoms with Crippen molar-refractivity contribution in [3.05, 3.63) is 30.7 Å². The summed E-state index contributed by atoms with van der Waals surface area (Å²) in [6.45, 7) is 9.17. The van der Waals surface area contributed by atoms with E-state index in [4.69, 9.17) is 0 Å². The maximum atomic E-state index is 13.0. The van der Waals surface area contributed by atoms with E-state index in [1.165, 1.54) is 6.07 Å². The molecule has 0 bridgehead atoms. The van der Waals surface area contributed by atoms with Gasteiger partial charge in [0.2, 0.25) is 21.8 Å². The van der Waals surface area contributed by atoms with Gasteiger partial charge in [-0.15, -0.1) is 0 Å². The number of benzene rings is 1. The second-order valence-electron chi connectivity index (χ2n) is 8.34. The number of nitrogens with zero attached hydrogens (tertiary/aromatic N) is 3. The van der Waals surface area contributed by atoms with Crippen LogP contribution in [0, 0.1) is 13.8 Å². The fourth-order valence-electron chi connectivity index (χ4n) is 4.80. The quantitative estimate of drug-likeness (QED) is 0.746. The molecule has 3 fully saturated rings. The van der Waals surface area contributed by atoms with E-state index in [1.807, 2.05) is 0 Å². The third-order valence-electron chi connectivity index (χ3n) is 6.40. The normalized spacial score (nSPS) is 23.7. The summed E-state index contributed by atoms with van der Waals surface area (Å²) in [5.74, 6) is -0.300. The highest BCUT2D eigenvalue weighted by Gasteiger charge is 2.35. The molecule has 0 aromatic heterocycles. The second-order valence-corrected chi connectivity index (χ2v) is 10.0. The molecule has 8 nitrogen and oxygen atoms in total. The third-order valence-corrected chi connectivity index (χ3v) is 8.02. The van der Waals surface area contributed by atoms with Crippen LogP contribution in [-0.4, -0.2) is 74.8 Å². The Hall–Kier alpha value is -1.97. The summed E-state index contributed by atoms with van der Waals surface area (Å²) in [4.78, 5) is 30.8. The molecular weight excluding hydrogens is 404 g/mol. The molecule has 1 N–H and O–H groups in total. The van der Waals surface area contributed by atoms with Gasteiger partial charge in [0, 0.05) is 44.3 Å². The van der Waals surface area contributed by atoms with E-state index in [0.717, 1.165) is 32.4 Å². The first kappa shape index (κ1) is 21.3. The van der Waals surface area contributed by atoms with Crippen molar-refractivity contribution in [3.63, 3.8) is 0 Å². The molecule has 2 atom stereocenters. The minimum atomic E-state index is -3.97. The lowest BCUT2D eigenvalue weighted by molar-refractivity contribution is -0.134. The minimum absolute atomic E-state index is 0.00289. The average Bonchev–Trinajstić information content (AvgIpc) is 3.35. The van der Waals surface area contributed by atoms with Gasteiger partial charge in [0.25, 0.3) is 0 Å². The van der Waals surface area contributed by atoms with Gasteiger partial charge in [-0.3, -0.25) is 14.5 Å². The van der Waals surface area contributed by atoms with Crippen LogP contribution in [-0.2, 0) is 19.6 Å². The zero-order valence-corrected chi connectivity index (χ0v) is 18.2. The first-order valence-electron chi connectivity index (χ1n) is 10.6. The van der Waals surface area contributed by atoms with Gasteiger partial charge in [-0.1, -0.05) is 6.07 Å². The van der Waals surface area contributed by atoms with Gasteiger partial charge in [0.15, 0.2) is 0 Å². The van der Waals surface area contributed by atoms with Gasteiger partial charge in [0.1, 0.15) is 6.04 Å². The molecule has 1 radical (unpaired) electrons. The van der Waals surface area contributed by atoms with Gasteiger partial charge in [0.05, 0.1) is 4.90 Å². The summed E-state index contributed by atoms with van der Waals surface area (Å²) in [5, 5.41) is 0. The van der Waals surface area contributed by atoms with Gasteiger partial charge < -0.3 is 9.80 Å². The summed E-state index contributed by atoms with van der Waals surface area (Å²) in [5.41, 5.74) is 1.10. The predicted octanol–water partition coefficient (Wildman–Crippen LogP) is 0.909. The van der Waals surface area contributed by atoms with Crippen molar-refractivity contribution >= 4 is 27.5 Å². The van der Waals surface area contributed by atoms with Crippen LogP contribution in [0.4, 0.5) is 5.69 Å². The van der Waals surface area contributed by atoms with Crippen molar-refractivity contribution in [1.82, 2.24) is 14.5 Å². The number of fused-ring (bicyclic) bond motifs is 1. The number of amides is 2. The highest BCUT2D eigenvalue weighted by atomic mass is 32.2. The fraction of sp³-hybridized carbons (Fsp3) is 0.571. The van der Waals surface area contributed by atoms with Crippen molar-refractivity contribution in [3.8, 4) is 0 Å². The third kappa shape index (κ3) is 3.98. The van der Waals surface area contributed by atoms with Crippen molar-refractivity contribution < 1.29 is 18.0 Å². The van der Waals surface area contributed by atoms with Crippen molar-refractivity contribution in [1.29, 1.82) is 0 Å². The maximum absolute atomic E-state index is 13.0. The second kappa shape index (κ2) is 8.28. The van der Waals surface area contributed by atoms with Crippen LogP contribution in [0.15, 0.2) is 23.1 Å². The summed E-state index contributed by atoms with van der Waals surface area (Å²) < 4.78 is 28.5. The van der Waals surface area contributed by atoms with Crippen LogP contribution in [0.3, 0.4) is 0 Å². The number of hydrogen-bond acceptors (Lipinski definition) is 5. The molecule has 3 aliphatic heterocycles. The molecule has 4 rings (SSSR count). The first-order valence-corrected chi connectivity index (χ1v) is 12.0. The Morgan fingerprint density at radius 3 is 2.73 bits per heavy atom. The lowest BCUT2D eigenvalue weighted by Gasteiger charge is -2.38. The van der Waals surface area contributed by atoms with E-state index >= 15 is 0 Å². The van der Waals surface area contributed by atoms with Gasteiger partial charge in [-0.25, -0.2) is 8.42 Å². The largest absolute Gasteiger partial charge is 0.338 e. The number of carbonyl (C=O) groups is 2. The van der Waals surface area contributed by atoms with E-state index in [-0.39, 0.29) is 16.7 Å². The number of nitrogens with one attached hydrogen (secondary N) is 1. The standard InChI is InChI=1S/C21H29N4O4S/c1-15-18(25-11-5-9-20(25)26)7-3-8-19(15)30(28,29)22-16(2)21(27)24-13-12-23-10-4-6-17(23)14-24/h3,7-8,16-17,22H,2,4-6,9-14H2,1H3/t16-,17?/m0/s1. The molecule has 3 aliphatic rings. The Morgan fingerprint density at radius 2 is 2.00 bits per heavy atom. The molecule has 0 spiro atoms. The topological polar surface area (TPSA) is 90.0 Å². The molecule has 1 aromatic carbocycles. The van der Waals surface area contributed by atoms with E-state index in [2.05, 4.69) is 16.5 Å². The number of piperazine rings is 1. The van der Waals surface area contributed by atoms with E-state index in [1.54, 1.807) is 28.9 Å². The fourth-order valence-corrected chi connectivity index (χ4v) is 6.17. The molecule has 0 aliphatic carbocycles. The molecular formula is C21H29N4O4S. The predicted molar refractivity (Wildman–Crippen MR) is 113 cm³/mol. The Bertz CT molecular complexity index is 948. The van der Waals surface area contributed by atoms with Crippen LogP contribution >= 0.6 is 0 Å². The first-order chi connectivity index (χ1) is 14.3. The van der Waals surface area contributed by atoms with Gasteiger partial charge >= 0.3 is 0 Å². The van der Waals surface area contributed by atoms with Crippen molar-refractivity contribution in [2.45, 2.75) is 49.6 Å². The monoisotopic (exact) mass is 433 g/mol. The Balaban J connectivity index is 1.48. The molecule has 30 heavy (non-hydrogen) atoms. The summed E-state index contributed by atoms with van der Waals surface area (Å²) in [6, 6.07) is 4.14. The molecule has 1 aromatic rings. The van der Waals surface area contributed by atoms with Crippen molar-refractivity contribution in [2.24, 2.45) is 0 Å². The maximum Gasteiger partial charge on any atom is 0.241 e. The summed E-state index contributed by atoms with van der Waals surface area (Å²) in [7, 11) is -3.97. The molecule has 9 heteroatoms. The van der Waals surface area contributed by atoms with Crippen molar-refractivity contribution in [2.75, 3.05) is 37.6 Å². The zero-order valence-electron chi connectivity index (χ0n) is 17.3. The average molecular weight is 434 g/mol. The van der Waals surface area contributed by atoms with Crippen LogP contribution in [0.2, 0.25) is 0 Å². The summed E-state index contributed by atoms with van der Waals surface area (Å²) >= 11 is 0. The SMILES string of the molecule is [CH2][C@H](NS(=O)(=O)c1cccc(N2CCCC2=O)c1C)C(=O)N1CCN2CCCC2C1.